The molecule has 0 bridgehead atoms. The van der Waals surface area contributed by atoms with Crippen molar-refractivity contribution in [3.8, 4) is 11.5 Å². The van der Waals surface area contributed by atoms with Crippen molar-refractivity contribution in [1.82, 2.24) is 0 Å². The quantitative estimate of drug-likeness (QED) is 0.840. The standard InChI is InChI=1S/C13H19NO4.ClH/c1-8-5-10(16-2)13(11(6-8)17-3)9(14)7-12(15)18-4;/h5-6,9H,7,14H2,1-4H3;1H/t9-;/m0./s1. The lowest BCUT2D eigenvalue weighted by Gasteiger charge is -2.19. The van der Waals surface area contributed by atoms with Gasteiger partial charge < -0.3 is 19.9 Å². The molecule has 1 aromatic rings. The number of hydrogen-bond donors (Lipinski definition) is 1. The maximum Gasteiger partial charge on any atom is 0.307 e. The number of aryl methyl sites for hydroxylation is 1. The Labute approximate surface area is 119 Å². The van der Waals surface area contributed by atoms with Gasteiger partial charge in [0.2, 0.25) is 0 Å². The summed E-state index contributed by atoms with van der Waals surface area (Å²) in [7, 11) is 4.45. The molecule has 1 rings (SSSR count). The molecule has 0 saturated heterocycles. The summed E-state index contributed by atoms with van der Waals surface area (Å²) in [6.45, 7) is 1.93. The third kappa shape index (κ3) is 4.29. The second-order valence-corrected chi connectivity index (χ2v) is 3.97. The van der Waals surface area contributed by atoms with Crippen molar-refractivity contribution in [3.63, 3.8) is 0 Å². The highest BCUT2D eigenvalue weighted by molar-refractivity contribution is 5.85. The number of hydrogen-bond acceptors (Lipinski definition) is 5. The zero-order chi connectivity index (χ0) is 13.7. The van der Waals surface area contributed by atoms with Crippen molar-refractivity contribution in [2.24, 2.45) is 5.73 Å². The van der Waals surface area contributed by atoms with E-state index in [2.05, 4.69) is 4.74 Å². The minimum Gasteiger partial charge on any atom is -0.496 e. The van der Waals surface area contributed by atoms with Crippen LogP contribution >= 0.6 is 12.4 Å². The lowest BCUT2D eigenvalue weighted by molar-refractivity contribution is -0.141. The first kappa shape index (κ1) is 17.5. The SMILES string of the molecule is COC(=O)C[C@H](N)c1c(OC)cc(C)cc1OC.Cl. The van der Waals surface area contributed by atoms with Crippen LogP contribution in [-0.2, 0) is 9.53 Å². The number of methoxy groups -OCH3 is 3. The largest absolute Gasteiger partial charge is 0.496 e. The highest BCUT2D eigenvalue weighted by Crippen LogP contribution is 2.35. The summed E-state index contributed by atoms with van der Waals surface area (Å²) in [5.74, 6) is 0.860. The van der Waals surface area contributed by atoms with Gasteiger partial charge in [-0.25, -0.2) is 0 Å². The Hall–Kier alpha value is -1.46. The van der Waals surface area contributed by atoms with E-state index < -0.39 is 6.04 Å². The van der Waals surface area contributed by atoms with E-state index in [0.717, 1.165) is 5.56 Å². The first-order valence-corrected chi connectivity index (χ1v) is 5.58. The summed E-state index contributed by atoms with van der Waals surface area (Å²) < 4.78 is 15.2. The smallest absolute Gasteiger partial charge is 0.307 e. The molecule has 0 heterocycles. The maximum absolute atomic E-state index is 11.3. The predicted molar refractivity (Wildman–Crippen MR) is 75.1 cm³/mol. The van der Waals surface area contributed by atoms with Gasteiger partial charge in [-0.3, -0.25) is 4.79 Å². The fourth-order valence-corrected chi connectivity index (χ4v) is 1.80. The second kappa shape index (κ2) is 7.86. The number of ether oxygens (including phenoxy) is 3. The zero-order valence-corrected chi connectivity index (χ0v) is 12.4. The molecule has 0 radical (unpaired) electrons. The molecule has 0 unspecified atom stereocenters. The van der Waals surface area contributed by atoms with E-state index in [0.29, 0.717) is 17.1 Å². The molecule has 0 amide bonds. The molecule has 0 aliphatic carbocycles. The van der Waals surface area contributed by atoms with Crippen molar-refractivity contribution in [3.05, 3.63) is 23.3 Å². The van der Waals surface area contributed by atoms with E-state index in [1.807, 2.05) is 19.1 Å². The first-order chi connectivity index (χ1) is 8.53. The number of esters is 1. The second-order valence-electron chi connectivity index (χ2n) is 3.97. The highest BCUT2D eigenvalue weighted by Gasteiger charge is 2.21. The van der Waals surface area contributed by atoms with Crippen LogP contribution in [0, 0.1) is 6.92 Å². The molecular weight excluding hydrogens is 270 g/mol. The Kier molecular flexibility index (Phi) is 7.26. The van der Waals surface area contributed by atoms with Gasteiger partial charge in [-0.1, -0.05) is 0 Å². The summed E-state index contributed by atoms with van der Waals surface area (Å²) >= 11 is 0. The molecule has 1 aromatic carbocycles. The topological polar surface area (TPSA) is 70.8 Å². The molecule has 0 spiro atoms. The van der Waals surface area contributed by atoms with E-state index >= 15 is 0 Å². The highest BCUT2D eigenvalue weighted by atomic mass is 35.5. The summed E-state index contributed by atoms with van der Waals surface area (Å²) in [6, 6.07) is 3.19. The fourth-order valence-electron chi connectivity index (χ4n) is 1.80. The third-order valence-corrected chi connectivity index (χ3v) is 2.67. The Bertz CT molecular complexity index is 412. The Morgan fingerprint density at radius 3 is 2.05 bits per heavy atom. The van der Waals surface area contributed by atoms with E-state index in [1.165, 1.54) is 7.11 Å². The van der Waals surface area contributed by atoms with Gasteiger partial charge in [0.05, 0.1) is 33.3 Å². The number of carbonyl (C=O) groups is 1. The van der Waals surface area contributed by atoms with E-state index in [1.54, 1.807) is 14.2 Å². The van der Waals surface area contributed by atoms with Crippen LogP contribution in [-0.4, -0.2) is 27.3 Å². The van der Waals surface area contributed by atoms with E-state index in [9.17, 15) is 4.79 Å². The van der Waals surface area contributed by atoms with Crippen LogP contribution in [0.2, 0.25) is 0 Å². The van der Waals surface area contributed by atoms with Crippen LogP contribution in [0.15, 0.2) is 12.1 Å². The maximum atomic E-state index is 11.3. The molecule has 5 nitrogen and oxygen atoms in total. The summed E-state index contributed by atoms with van der Waals surface area (Å²) in [5.41, 5.74) is 7.69. The summed E-state index contributed by atoms with van der Waals surface area (Å²) in [5, 5.41) is 0. The first-order valence-electron chi connectivity index (χ1n) is 5.58. The van der Waals surface area contributed by atoms with E-state index in [4.69, 9.17) is 15.2 Å². The number of halogens is 1. The van der Waals surface area contributed by atoms with E-state index in [-0.39, 0.29) is 24.8 Å². The van der Waals surface area contributed by atoms with Crippen LogP contribution in [0.4, 0.5) is 0 Å². The molecule has 0 aliphatic rings. The zero-order valence-electron chi connectivity index (χ0n) is 11.6. The molecular formula is C13H20ClNO4. The van der Waals surface area contributed by atoms with Gasteiger partial charge in [0.15, 0.2) is 0 Å². The molecule has 19 heavy (non-hydrogen) atoms. The third-order valence-electron chi connectivity index (χ3n) is 2.67. The number of benzene rings is 1. The lowest BCUT2D eigenvalue weighted by atomic mass is 10.0. The van der Waals surface area contributed by atoms with Gasteiger partial charge in [-0.2, -0.15) is 0 Å². The van der Waals surface area contributed by atoms with Crippen molar-refractivity contribution >= 4 is 18.4 Å². The lowest BCUT2D eigenvalue weighted by Crippen LogP contribution is -2.18. The summed E-state index contributed by atoms with van der Waals surface area (Å²) in [4.78, 5) is 11.3. The molecule has 0 saturated carbocycles. The Morgan fingerprint density at radius 1 is 1.21 bits per heavy atom. The van der Waals surface area contributed by atoms with Crippen molar-refractivity contribution in [1.29, 1.82) is 0 Å². The molecule has 2 N–H and O–H groups in total. The molecule has 108 valence electrons. The van der Waals surface area contributed by atoms with Crippen molar-refractivity contribution in [2.45, 2.75) is 19.4 Å². The molecule has 6 heteroatoms. The summed E-state index contributed by atoms with van der Waals surface area (Å²) in [6.07, 6.45) is 0.0757. The minimum atomic E-state index is -0.525. The average Bonchev–Trinajstić information content (AvgIpc) is 2.36. The van der Waals surface area contributed by atoms with Crippen LogP contribution in [0.1, 0.15) is 23.6 Å². The van der Waals surface area contributed by atoms with Gasteiger partial charge in [-0.15, -0.1) is 12.4 Å². The molecule has 0 aliphatic heterocycles. The normalized spacial score (nSPS) is 11.2. The van der Waals surface area contributed by atoms with Crippen LogP contribution < -0.4 is 15.2 Å². The molecule has 0 fully saturated rings. The minimum absolute atomic E-state index is 0. The van der Waals surface area contributed by atoms with Gasteiger partial charge >= 0.3 is 5.97 Å². The Balaban J connectivity index is 0.00000324. The number of nitrogens with two attached hydrogens (primary N) is 1. The average molecular weight is 290 g/mol. The van der Waals surface area contributed by atoms with Crippen LogP contribution in [0.25, 0.3) is 0 Å². The van der Waals surface area contributed by atoms with Gasteiger partial charge in [0.25, 0.3) is 0 Å². The Morgan fingerprint density at radius 2 is 1.68 bits per heavy atom. The van der Waals surface area contributed by atoms with Gasteiger partial charge in [0.1, 0.15) is 11.5 Å². The van der Waals surface area contributed by atoms with Crippen LogP contribution in [0.3, 0.4) is 0 Å². The monoisotopic (exact) mass is 289 g/mol. The van der Waals surface area contributed by atoms with Gasteiger partial charge in [-0.05, 0) is 24.6 Å². The predicted octanol–water partition coefficient (Wildman–Crippen LogP) is 2.00. The van der Waals surface area contributed by atoms with Crippen molar-refractivity contribution in [2.75, 3.05) is 21.3 Å². The number of carbonyl (C=O) groups excluding carboxylic acids is 1. The fraction of sp³-hybridized carbons (Fsp3) is 0.462. The number of rotatable bonds is 5. The molecule has 0 aromatic heterocycles. The van der Waals surface area contributed by atoms with Gasteiger partial charge in [0, 0.05) is 6.04 Å². The van der Waals surface area contributed by atoms with Crippen LogP contribution in [0.5, 0.6) is 11.5 Å². The van der Waals surface area contributed by atoms with Crippen molar-refractivity contribution < 1.29 is 19.0 Å². The molecule has 1 atom stereocenters.